The minimum absolute atomic E-state index is 0.161. The Morgan fingerprint density at radius 3 is 2.32 bits per heavy atom. The number of hydrogen-bond donors (Lipinski definition) is 3. The number of thiophene rings is 1. The predicted octanol–water partition coefficient (Wildman–Crippen LogP) is 4.41. The van der Waals surface area contributed by atoms with Gasteiger partial charge < -0.3 is 11.1 Å². The molecule has 0 unspecified atom stereocenters. The van der Waals surface area contributed by atoms with E-state index in [4.69, 9.17) is 5.73 Å². The molecule has 0 aliphatic heterocycles. The minimum atomic E-state index is -0.380. The van der Waals surface area contributed by atoms with Crippen LogP contribution in [0, 0.1) is 6.92 Å². The lowest BCUT2D eigenvalue weighted by molar-refractivity contribution is 0.102. The lowest BCUT2D eigenvalue weighted by Gasteiger charge is -2.06. The van der Waals surface area contributed by atoms with Gasteiger partial charge in [0.05, 0.1) is 20.3 Å². The first-order chi connectivity index (χ1) is 12.0. The number of carbonyl (C=O) groups is 2. The van der Waals surface area contributed by atoms with Gasteiger partial charge in [0.1, 0.15) is 0 Å². The van der Waals surface area contributed by atoms with Gasteiger partial charge in [-0.2, -0.15) is 0 Å². The second kappa shape index (κ2) is 7.13. The molecule has 1 heterocycles. The molecule has 0 aliphatic rings. The van der Waals surface area contributed by atoms with Crippen LogP contribution in [0.15, 0.2) is 58.8 Å². The summed E-state index contributed by atoms with van der Waals surface area (Å²) in [4.78, 5) is 25.5. The summed E-state index contributed by atoms with van der Waals surface area (Å²) in [7, 11) is 0. The monoisotopic (exact) mass is 368 g/mol. The van der Waals surface area contributed by atoms with Crippen molar-refractivity contribution in [3.63, 3.8) is 0 Å². The Bertz CT molecular complexity index is 932. The zero-order chi connectivity index (χ0) is 18.0. The summed E-state index contributed by atoms with van der Waals surface area (Å²) in [6, 6.07) is 16.2. The molecule has 1 amide bonds. The van der Waals surface area contributed by atoms with Gasteiger partial charge in [-0.3, -0.25) is 9.59 Å². The van der Waals surface area contributed by atoms with E-state index in [0.717, 1.165) is 16.9 Å². The van der Waals surface area contributed by atoms with Crippen molar-refractivity contribution in [1.29, 1.82) is 0 Å². The Morgan fingerprint density at radius 2 is 1.68 bits per heavy atom. The van der Waals surface area contributed by atoms with E-state index in [2.05, 4.69) is 17.9 Å². The molecule has 0 radical (unpaired) electrons. The summed E-state index contributed by atoms with van der Waals surface area (Å²) in [6.45, 7) is 1.97. The van der Waals surface area contributed by atoms with E-state index in [0.29, 0.717) is 20.3 Å². The third kappa shape index (κ3) is 3.60. The van der Waals surface area contributed by atoms with Crippen LogP contribution >= 0.6 is 24.0 Å². The highest BCUT2D eigenvalue weighted by Gasteiger charge is 2.24. The van der Waals surface area contributed by atoms with E-state index in [9.17, 15) is 9.59 Å². The number of amides is 1. The van der Waals surface area contributed by atoms with Crippen molar-refractivity contribution in [2.45, 2.75) is 11.1 Å². The molecule has 3 aromatic rings. The van der Waals surface area contributed by atoms with Crippen molar-refractivity contribution in [2.24, 2.45) is 0 Å². The van der Waals surface area contributed by atoms with Gasteiger partial charge in [-0.05, 0) is 19.1 Å². The van der Waals surface area contributed by atoms with Gasteiger partial charge >= 0.3 is 0 Å². The normalized spacial score (nSPS) is 10.5. The average molecular weight is 368 g/mol. The van der Waals surface area contributed by atoms with E-state index in [1.165, 1.54) is 0 Å². The number of rotatable bonds is 4. The van der Waals surface area contributed by atoms with E-state index in [1.54, 1.807) is 24.3 Å². The van der Waals surface area contributed by atoms with Gasteiger partial charge in [0.15, 0.2) is 0 Å². The smallest absolute Gasteiger partial charge is 0.259 e. The maximum Gasteiger partial charge on any atom is 0.259 e. The van der Waals surface area contributed by atoms with Gasteiger partial charge in [-0.15, -0.1) is 24.0 Å². The topological polar surface area (TPSA) is 72.2 Å². The summed E-state index contributed by atoms with van der Waals surface area (Å²) in [6.07, 6.45) is 0. The van der Waals surface area contributed by atoms with Crippen LogP contribution in [0.3, 0.4) is 0 Å². The molecule has 25 heavy (non-hydrogen) atoms. The summed E-state index contributed by atoms with van der Waals surface area (Å²) in [5, 5.41) is 2.79. The van der Waals surface area contributed by atoms with Crippen molar-refractivity contribution in [1.82, 2.24) is 0 Å². The number of carbonyl (C=O) groups excluding carboxylic acids is 2. The molecule has 4 nitrogen and oxygen atoms in total. The maximum absolute atomic E-state index is 12.6. The SMILES string of the molecule is Cc1ccc(NC(=O)c2c(S)sc(C(=O)c3ccccc3)c2N)cc1. The largest absolute Gasteiger partial charge is 0.397 e. The lowest BCUT2D eigenvalue weighted by Crippen LogP contribution is -2.14. The van der Waals surface area contributed by atoms with Crippen LogP contribution in [-0.4, -0.2) is 11.7 Å². The van der Waals surface area contributed by atoms with Crippen LogP contribution in [0.5, 0.6) is 0 Å². The fraction of sp³-hybridized carbons (Fsp3) is 0.0526. The summed E-state index contributed by atoms with van der Waals surface area (Å²) in [5.41, 5.74) is 8.77. The van der Waals surface area contributed by atoms with Gasteiger partial charge in [-0.25, -0.2) is 0 Å². The number of ketones is 1. The van der Waals surface area contributed by atoms with Gasteiger partial charge in [0, 0.05) is 11.3 Å². The highest BCUT2D eigenvalue weighted by atomic mass is 32.2. The minimum Gasteiger partial charge on any atom is -0.397 e. The van der Waals surface area contributed by atoms with Crippen molar-refractivity contribution in [2.75, 3.05) is 11.1 Å². The molecule has 1 aromatic heterocycles. The molecule has 0 saturated heterocycles. The predicted molar refractivity (Wildman–Crippen MR) is 105 cm³/mol. The highest BCUT2D eigenvalue weighted by molar-refractivity contribution is 7.83. The third-order valence-electron chi connectivity index (χ3n) is 3.71. The Balaban J connectivity index is 1.90. The van der Waals surface area contributed by atoms with Crippen LogP contribution < -0.4 is 11.1 Å². The molecule has 3 N–H and O–H groups in total. The molecule has 2 aromatic carbocycles. The standard InChI is InChI=1S/C19H16N2O2S2/c1-11-7-9-13(10-8-11)21-18(23)14-15(20)17(25-19(14)24)16(22)12-5-3-2-4-6-12/h2-10,24H,20H2,1H3,(H,21,23). The number of nitrogens with one attached hydrogen (secondary N) is 1. The number of thiol groups is 1. The van der Waals surface area contributed by atoms with Crippen molar-refractivity contribution in [3.05, 3.63) is 76.2 Å². The van der Waals surface area contributed by atoms with Gasteiger partial charge in [-0.1, -0.05) is 48.0 Å². The molecule has 6 heteroatoms. The van der Waals surface area contributed by atoms with Crippen LogP contribution in [0.1, 0.15) is 31.2 Å². The van der Waals surface area contributed by atoms with Crippen LogP contribution in [-0.2, 0) is 0 Å². The van der Waals surface area contributed by atoms with Crippen molar-refractivity contribution >= 4 is 47.0 Å². The number of anilines is 2. The number of hydrogen-bond acceptors (Lipinski definition) is 5. The first-order valence-corrected chi connectivity index (χ1v) is 8.82. The Hall–Kier alpha value is -2.57. The first kappa shape index (κ1) is 17.3. The van der Waals surface area contributed by atoms with E-state index in [1.807, 2.05) is 37.3 Å². The zero-order valence-electron chi connectivity index (χ0n) is 13.4. The summed E-state index contributed by atoms with van der Waals surface area (Å²) < 4.78 is 0.418. The van der Waals surface area contributed by atoms with Crippen molar-refractivity contribution < 1.29 is 9.59 Å². The first-order valence-electron chi connectivity index (χ1n) is 7.56. The fourth-order valence-electron chi connectivity index (χ4n) is 2.37. The van der Waals surface area contributed by atoms with Crippen LogP contribution in [0.25, 0.3) is 0 Å². The molecular weight excluding hydrogens is 352 g/mol. The Kier molecular flexibility index (Phi) is 4.92. The number of benzene rings is 2. The Labute approximate surface area is 155 Å². The average Bonchev–Trinajstić information content (AvgIpc) is 2.91. The molecule has 126 valence electrons. The molecule has 0 bridgehead atoms. The molecular formula is C19H16N2O2S2. The van der Waals surface area contributed by atoms with E-state index >= 15 is 0 Å². The quantitative estimate of drug-likeness (QED) is 0.472. The Morgan fingerprint density at radius 1 is 1.04 bits per heavy atom. The van der Waals surface area contributed by atoms with Crippen LogP contribution in [0.4, 0.5) is 11.4 Å². The molecule has 0 aliphatic carbocycles. The van der Waals surface area contributed by atoms with Gasteiger partial charge in [0.25, 0.3) is 5.91 Å². The number of nitrogen functional groups attached to an aromatic ring is 1. The van der Waals surface area contributed by atoms with Crippen LogP contribution in [0.2, 0.25) is 0 Å². The number of nitrogens with two attached hydrogens (primary N) is 1. The number of aryl methyl sites for hydroxylation is 1. The second-order valence-electron chi connectivity index (χ2n) is 5.54. The summed E-state index contributed by atoms with van der Waals surface area (Å²) >= 11 is 5.46. The fourth-order valence-corrected chi connectivity index (χ4v) is 3.79. The molecule has 3 rings (SSSR count). The molecule has 0 saturated carbocycles. The second-order valence-corrected chi connectivity index (χ2v) is 7.31. The molecule has 0 spiro atoms. The summed E-state index contributed by atoms with van der Waals surface area (Å²) in [5.74, 6) is -0.595. The lowest BCUT2D eigenvalue weighted by atomic mass is 10.1. The van der Waals surface area contributed by atoms with Crippen molar-refractivity contribution in [3.8, 4) is 0 Å². The highest BCUT2D eigenvalue weighted by Crippen LogP contribution is 2.35. The zero-order valence-corrected chi connectivity index (χ0v) is 15.2. The van der Waals surface area contributed by atoms with Gasteiger partial charge in [0.2, 0.25) is 5.78 Å². The molecule has 0 fully saturated rings. The van der Waals surface area contributed by atoms with E-state index in [-0.39, 0.29) is 22.9 Å². The molecule has 0 atom stereocenters. The maximum atomic E-state index is 12.6. The van der Waals surface area contributed by atoms with E-state index < -0.39 is 0 Å². The third-order valence-corrected chi connectivity index (χ3v) is 5.21.